The van der Waals surface area contributed by atoms with Gasteiger partial charge in [0.2, 0.25) is 31.9 Å². The molecule has 0 aromatic rings. The smallest absolute Gasteiger partial charge is 0.314 e. The van der Waals surface area contributed by atoms with Crippen LogP contribution in [0.1, 0.15) is 238 Å². The Morgan fingerprint density at radius 2 is 1.02 bits per heavy atom. The van der Waals surface area contributed by atoms with Crippen molar-refractivity contribution in [3.8, 4) is 0 Å². The maximum absolute atomic E-state index is 10.8. The number of hydrogen-bond donors (Lipinski definition) is 6. The van der Waals surface area contributed by atoms with Crippen molar-refractivity contribution in [3.63, 3.8) is 0 Å². The van der Waals surface area contributed by atoms with Crippen LogP contribution < -0.4 is 33.0 Å². The number of primary sulfonamides is 1. The van der Waals surface area contributed by atoms with Crippen molar-refractivity contribution >= 4 is 53.8 Å². The maximum Gasteiger partial charge on any atom is 0.314 e. The predicted octanol–water partition coefficient (Wildman–Crippen LogP) is 11.3. The Balaban J connectivity index is -0.000000111. The van der Waals surface area contributed by atoms with E-state index >= 15 is 0 Å². The van der Waals surface area contributed by atoms with Crippen LogP contribution in [0.2, 0.25) is 0 Å². The van der Waals surface area contributed by atoms with Crippen LogP contribution >= 0.6 is 0 Å². The minimum atomic E-state index is -3.22. The van der Waals surface area contributed by atoms with Crippen LogP contribution in [0.25, 0.3) is 0 Å². The van der Waals surface area contributed by atoms with Crippen LogP contribution in [0.3, 0.4) is 0 Å². The molecule has 1 saturated carbocycles. The number of likely N-dealkylation sites (N-methyl/N-ethyl adjacent to an activating group) is 1. The van der Waals surface area contributed by atoms with Gasteiger partial charge in [0.05, 0.1) is 42.7 Å². The molecule has 21 nitrogen and oxygen atoms in total. The number of urea groups is 2. The molecule has 1 rings (SSSR count). The van der Waals surface area contributed by atoms with Crippen molar-refractivity contribution in [2.24, 2.45) is 62.3 Å². The lowest BCUT2D eigenvalue weighted by Gasteiger charge is -2.24. The third kappa shape index (κ3) is 129. The van der Waals surface area contributed by atoms with Crippen LogP contribution in [-0.4, -0.2) is 172 Å². The van der Waals surface area contributed by atoms with Gasteiger partial charge in [0.1, 0.15) is 9.84 Å². The number of carbonyl (C=O) groups is 4. The summed E-state index contributed by atoms with van der Waals surface area (Å²) in [5.41, 5.74) is 15.1. The second-order valence-electron chi connectivity index (χ2n) is 29.5. The third-order valence-corrected chi connectivity index (χ3v) is 13.5. The minimum Gasteiger partial charge on any atom is -0.377 e. The lowest BCUT2D eigenvalue weighted by Crippen LogP contribution is -2.43. The summed E-state index contributed by atoms with van der Waals surface area (Å²) in [6, 6.07) is -0.565. The fraction of sp³-hybridized carbons (Fsp3) is 0.937. The molecule has 87 heavy (non-hydrogen) atoms. The second kappa shape index (κ2) is 53.8. The second-order valence-corrected chi connectivity index (χ2v) is 35.6. The predicted molar refractivity (Wildman–Crippen MR) is 372 cm³/mol. The van der Waals surface area contributed by atoms with Gasteiger partial charge < -0.3 is 47.1 Å². The van der Waals surface area contributed by atoms with Crippen LogP contribution in [0.5, 0.6) is 0 Å². The first kappa shape index (κ1) is 103. The number of nitrogens with zero attached hydrogens (tertiary/aromatic N) is 3. The van der Waals surface area contributed by atoms with Gasteiger partial charge in [0.25, 0.3) is 0 Å². The first-order valence-corrected chi connectivity index (χ1v) is 36.6. The molecule has 6 amide bonds. The molecule has 1 aliphatic carbocycles. The zero-order valence-corrected chi connectivity index (χ0v) is 64.7. The molecule has 0 aromatic heterocycles. The van der Waals surface area contributed by atoms with E-state index in [9.17, 15) is 44.4 Å². The van der Waals surface area contributed by atoms with E-state index in [1.165, 1.54) is 54.3 Å². The van der Waals surface area contributed by atoms with Crippen molar-refractivity contribution in [3.05, 3.63) is 0 Å². The van der Waals surface area contributed by atoms with E-state index in [0.717, 1.165) is 37.8 Å². The van der Waals surface area contributed by atoms with Crippen molar-refractivity contribution in [2.45, 2.75) is 268 Å². The summed E-state index contributed by atoms with van der Waals surface area (Å²) in [5, 5.41) is 9.94. The Bertz CT molecular complexity index is 2000. The highest BCUT2D eigenvalue weighted by Gasteiger charge is 2.18. The molecule has 1 aliphatic rings. The van der Waals surface area contributed by atoms with Crippen LogP contribution in [0.4, 0.5) is 9.59 Å². The fourth-order valence-corrected chi connectivity index (χ4v) is 8.60. The number of nitrogens with one attached hydrogen (secondary N) is 2. The van der Waals surface area contributed by atoms with Crippen LogP contribution in [0.15, 0.2) is 0 Å². The Kier molecular flexibility index (Phi) is 63.6. The molecule has 0 radical (unpaired) electrons. The van der Waals surface area contributed by atoms with Crippen molar-refractivity contribution < 1.29 is 53.9 Å². The fourth-order valence-electron chi connectivity index (χ4n) is 6.24. The first-order chi connectivity index (χ1) is 38.3. The summed E-state index contributed by atoms with van der Waals surface area (Å²) in [6.45, 7) is 57.6. The summed E-state index contributed by atoms with van der Waals surface area (Å²) >= 11 is 0. The molecule has 532 valence electrons. The Morgan fingerprint density at radius 3 is 1.14 bits per heavy atom. The maximum atomic E-state index is 10.8. The van der Waals surface area contributed by atoms with Crippen LogP contribution in [0, 0.1) is 39.9 Å². The molecule has 0 atom stereocenters. The topological polar surface area (TPSA) is 327 Å². The quantitative estimate of drug-likeness (QED) is 0.0701. The Labute approximate surface area is 538 Å². The van der Waals surface area contributed by atoms with Gasteiger partial charge in [-0.1, -0.05) is 130 Å². The van der Waals surface area contributed by atoms with Gasteiger partial charge in [-0.25, -0.2) is 44.3 Å². The molecular weight excluding hydrogens is 1170 g/mol. The number of rotatable bonds is 19. The number of nitrogens with two attached hydrogens (primary N) is 4. The van der Waals surface area contributed by atoms with Crippen molar-refractivity contribution in [2.75, 3.05) is 78.4 Å². The zero-order valence-electron chi connectivity index (χ0n) is 62.3. The number of primary amides is 3. The molecule has 0 aliphatic heterocycles. The Morgan fingerprint density at radius 1 is 0.609 bits per heavy atom. The molecule has 0 unspecified atom stereocenters. The van der Waals surface area contributed by atoms with E-state index in [4.69, 9.17) is 31.8 Å². The average Bonchev–Trinajstić information content (AvgIpc) is 3.79. The first-order valence-electron chi connectivity index (χ1n) is 31.0. The summed E-state index contributed by atoms with van der Waals surface area (Å²) in [4.78, 5) is 44.7. The highest BCUT2D eigenvalue weighted by Crippen LogP contribution is 2.30. The highest BCUT2D eigenvalue weighted by atomic mass is 32.2. The number of ether oxygens (including phenoxy) is 2. The molecule has 10 N–H and O–H groups in total. The van der Waals surface area contributed by atoms with Gasteiger partial charge in [-0.05, 0) is 149 Å². The van der Waals surface area contributed by atoms with Crippen molar-refractivity contribution in [1.82, 2.24) is 24.7 Å². The van der Waals surface area contributed by atoms with E-state index in [0.29, 0.717) is 61.8 Å². The van der Waals surface area contributed by atoms with Crippen molar-refractivity contribution in [1.29, 1.82) is 0 Å². The number of hydrogen-bond acceptors (Lipinski definition) is 13. The molecule has 0 saturated heterocycles. The molecule has 0 bridgehead atoms. The van der Waals surface area contributed by atoms with Gasteiger partial charge in [-0.3, -0.25) is 9.59 Å². The number of carbonyl (C=O) groups excluding carboxylic acids is 4. The van der Waals surface area contributed by atoms with Gasteiger partial charge in [-0.2, -0.15) is 0 Å². The SMILES string of the molecule is CC(=O)NC(C)C.CC(C)(C)CCC(N)=O.CC(C)(C)CCS(C)(=O)=O.CC(C)(C)NC(N)=O.CC(C)C1CCCC1.CC(C)CCS(N)(=O)=O.CC(C)CN(C)S(C)(=O)=O.CC(C)OC(C)C.CC(C)OCCN(C)C.CN(CC(C)(C)C)C(N)=O. The van der Waals surface area contributed by atoms with Crippen LogP contribution in [-0.2, 0) is 48.9 Å². The number of sulfone groups is 1. The van der Waals surface area contributed by atoms with Gasteiger partial charge in [0, 0.05) is 64.9 Å². The molecule has 0 aromatic carbocycles. The van der Waals surface area contributed by atoms with E-state index in [1.54, 1.807) is 14.1 Å². The summed E-state index contributed by atoms with van der Waals surface area (Å²) in [7, 11) is -1.56. The van der Waals surface area contributed by atoms with Gasteiger partial charge in [0.15, 0.2) is 0 Å². The molecular formula is C63H145N9O12S3. The molecule has 24 heteroatoms. The average molecular weight is 1320 g/mol. The van der Waals surface area contributed by atoms with E-state index in [1.807, 2.05) is 125 Å². The number of amides is 6. The van der Waals surface area contributed by atoms with E-state index in [-0.39, 0.29) is 51.4 Å². The van der Waals surface area contributed by atoms with Gasteiger partial charge in [-0.15, -0.1) is 0 Å². The lowest BCUT2D eigenvalue weighted by molar-refractivity contribution is -0.119. The summed E-state index contributed by atoms with van der Waals surface area (Å²) in [5.74, 6) is 3.04. The van der Waals surface area contributed by atoms with Gasteiger partial charge >= 0.3 is 12.1 Å². The van der Waals surface area contributed by atoms with E-state index in [2.05, 4.69) is 84.8 Å². The standard InChI is InChI=1S/C8H16.C7H16N2O.C7H17NO.C7H15NO.C7H16O2S.C6H15NO2S.C6H14O.C5H12N2O.C5H13NO2S.C5H11NO/c1-7(2)8-5-3-4-6-8;1-7(2,3)5-9(4)6(8)10;1-7(2)9-6-5-8(3)4;1-7(2,3)5-4-6(8)9;1-7(2,3)5-6-10(4,8)9;1-6(2)5-7(3)10(4,8)9;1-5(2)7-6(3)4;1-5(2,3)7-4(6)8;1-5(2)3-4-9(6,7)8;1-4(2)6-5(3)7/h7-8H,3-6H2,1-2H3;5H2,1-4H3,(H2,8,10);7H,5-6H2,1-4H3;4-5H2,1-3H3,(H2,8,9);5-6H2,1-4H3;6H,5H2,1-4H3;5-6H,1-4H3;1-3H3,(H3,6,7,8);5H,3-4H2,1-2H3,(H2,6,7,8);4H,1-3H3,(H,6,7). The summed E-state index contributed by atoms with van der Waals surface area (Å²) < 4.78 is 75.5. The molecule has 1 fully saturated rings. The molecule has 0 heterocycles. The Hall–Kier alpha value is -2.87. The zero-order chi connectivity index (χ0) is 71.9. The minimum absolute atomic E-state index is 0.0370. The summed E-state index contributed by atoms with van der Waals surface area (Å²) in [6.07, 6.45) is 12.4. The lowest BCUT2D eigenvalue weighted by atomic mass is 9.90. The largest absolute Gasteiger partial charge is 0.377 e. The normalized spacial score (nSPS) is 12.7. The molecule has 0 spiro atoms. The van der Waals surface area contributed by atoms with E-state index < -0.39 is 35.9 Å². The number of sulfonamides is 2. The monoisotopic (exact) mass is 1320 g/mol. The third-order valence-electron chi connectivity index (χ3n) is 10.5. The highest BCUT2D eigenvalue weighted by molar-refractivity contribution is 7.90.